The molecule has 0 rings (SSSR count). The van der Waals surface area contributed by atoms with Crippen molar-refractivity contribution in [3.05, 3.63) is 0 Å². The molecular weight excluding hydrogens is 124 g/mol. The van der Waals surface area contributed by atoms with Crippen LogP contribution in [-0.2, 0) is 4.79 Å². The van der Waals surface area contributed by atoms with Crippen LogP contribution in [0.25, 0.3) is 0 Å². The van der Waals surface area contributed by atoms with E-state index in [2.05, 4.69) is 13.8 Å². The maximum absolute atomic E-state index is 9.94. The second kappa shape index (κ2) is 6.79. The average molecular weight is 142 g/mol. The van der Waals surface area contributed by atoms with Crippen molar-refractivity contribution in [1.82, 2.24) is 0 Å². The molecule has 0 aromatic rings. The van der Waals surface area contributed by atoms with Crippen molar-refractivity contribution in [3.63, 3.8) is 0 Å². The van der Waals surface area contributed by atoms with Crippen LogP contribution >= 0.6 is 0 Å². The third-order valence-corrected chi connectivity index (χ3v) is 1.80. The number of hydrogen-bond acceptors (Lipinski definition) is 1. The van der Waals surface area contributed by atoms with Crippen LogP contribution in [0.15, 0.2) is 0 Å². The Hall–Kier alpha value is -0.330. The van der Waals surface area contributed by atoms with E-state index in [4.69, 9.17) is 0 Å². The van der Waals surface area contributed by atoms with Gasteiger partial charge in [0.2, 0.25) is 0 Å². The molecule has 0 aromatic heterocycles. The zero-order chi connectivity index (χ0) is 7.82. The second-order valence-electron chi connectivity index (χ2n) is 2.99. The van der Waals surface area contributed by atoms with Crippen LogP contribution in [0.4, 0.5) is 0 Å². The van der Waals surface area contributed by atoms with Crippen molar-refractivity contribution in [2.75, 3.05) is 0 Å². The molecule has 0 amide bonds. The third-order valence-electron chi connectivity index (χ3n) is 1.80. The van der Waals surface area contributed by atoms with Crippen LogP contribution in [0, 0.1) is 5.92 Å². The van der Waals surface area contributed by atoms with Gasteiger partial charge >= 0.3 is 0 Å². The topological polar surface area (TPSA) is 17.1 Å². The highest BCUT2D eigenvalue weighted by Gasteiger charge is 1.98. The molecule has 0 bridgehead atoms. The van der Waals surface area contributed by atoms with Crippen LogP contribution in [0.2, 0.25) is 0 Å². The van der Waals surface area contributed by atoms with E-state index in [1.165, 1.54) is 19.3 Å². The Kier molecular flexibility index (Phi) is 6.56. The van der Waals surface area contributed by atoms with Crippen molar-refractivity contribution in [3.8, 4) is 0 Å². The Morgan fingerprint density at radius 3 is 2.60 bits per heavy atom. The molecule has 60 valence electrons. The first kappa shape index (κ1) is 9.67. The Balaban J connectivity index is 3.04. The van der Waals surface area contributed by atoms with Crippen LogP contribution < -0.4 is 0 Å². The lowest BCUT2D eigenvalue weighted by molar-refractivity contribution is -0.107. The van der Waals surface area contributed by atoms with Crippen LogP contribution in [0.3, 0.4) is 0 Å². The third kappa shape index (κ3) is 5.80. The van der Waals surface area contributed by atoms with E-state index in [1.54, 1.807) is 0 Å². The van der Waals surface area contributed by atoms with E-state index in [0.717, 1.165) is 25.0 Å². The van der Waals surface area contributed by atoms with E-state index < -0.39 is 0 Å². The molecule has 0 unspecified atom stereocenters. The highest BCUT2D eigenvalue weighted by molar-refractivity contribution is 5.48. The minimum absolute atomic E-state index is 0.744. The Bertz CT molecular complexity index is 78.8. The first-order chi connectivity index (χ1) is 4.81. The Morgan fingerprint density at radius 1 is 1.40 bits per heavy atom. The Labute approximate surface area is 63.8 Å². The van der Waals surface area contributed by atoms with E-state index in [1.807, 2.05) is 0 Å². The summed E-state index contributed by atoms with van der Waals surface area (Å²) >= 11 is 0. The van der Waals surface area contributed by atoms with Gasteiger partial charge in [-0.25, -0.2) is 0 Å². The number of hydrogen-bond donors (Lipinski definition) is 0. The molecule has 0 saturated heterocycles. The van der Waals surface area contributed by atoms with Crippen LogP contribution in [0.1, 0.15) is 46.0 Å². The molecule has 1 atom stereocenters. The van der Waals surface area contributed by atoms with Gasteiger partial charge in [0.05, 0.1) is 0 Å². The largest absolute Gasteiger partial charge is 0.303 e. The summed E-state index contributed by atoms with van der Waals surface area (Å²) in [6.07, 6.45) is 6.62. The van der Waals surface area contributed by atoms with Gasteiger partial charge in [-0.2, -0.15) is 0 Å². The van der Waals surface area contributed by atoms with Crippen molar-refractivity contribution in [1.29, 1.82) is 0 Å². The van der Waals surface area contributed by atoms with Crippen LogP contribution in [-0.4, -0.2) is 6.29 Å². The lowest BCUT2D eigenvalue weighted by atomic mass is 10.00. The summed E-state index contributed by atoms with van der Waals surface area (Å²) in [5, 5.41) is 0. The summed E-state index contributed by atoms with van der Waals surface area (Å²) in [6, 6.07) is 0. The molecule has 0 N–H and O–H groups in total. The van der Waals surface area contributed by atoms with E-state index in [9.17, 15) is 4.79 Å². The minimum Gasteiger partial charge on any atom is -0.303 e. The SMILES string of the molecule is CCC[C@H](C)CCCC=O. The maximum Gasteiger partial charge on any atom is 0.119 e. The summed E-state index contributed by atoms with van der Waals surface area (Å²) in [4.78, 5) is 9.94. The van der Waals surface area contributed by atoms with Crippen molar-refractivity contribution < 1.29 is 4.79 Å². The predicted molar refractivity (Wildman–Crippen MR) is 44.0 cm³/mol. The molecule has 0 aliphatic rings. The first-order valence-corrected chi connectivity index (χ1v) is 4.24. The minimum atomic E-state index is 0.744. The summed E-state index contributed by atoms with van der Waals surface area (Å²) in [5.74, 6) is 0.810. The zero-order valence-electron chi connectivity index (χ0n) is 7.10. The van der Waals surface area contributed by atoms with Gasteiger partial charge in [0.15, 0.2) is 0 Å². The van der Waals surface area contributed by atoms with E-state index in [-0.39, 0.29) is 0 Å². The van der Waals surface area contributed by atoms with E-state index in [0.29, 0.717) is 0 Å². The van der Waals surface area contributed by atoms with Gasteiger partial charge in [-0.05, 0) is 12.3 Å². The van der Waals surface area contributed by atoms with E-state index >= 15 is 0 Å². The molecule has 0 radical (unpaired) electrons. The normalized spacial score (nSPS) is 13.0. The number of aldehydes is 1. The van der Waals surface area contributed by atoms with Crippen molar-refractivity contribution in [2.24, 2.45) is 5.92 Å². The molecule has 0 aliphatic heterocycles. The maximum atomic E-state index is 9.94. The fourth-order valence-corrected chi connectivity index (χ4v) is 1.19. The number of rotatable bonds is 6. The summed E-state index contributed by atoms with van der Waals surface area (Å²) in [7, 11) is 0. The summed E-state index contributed by atoms with van der Waals surface area (Å²) in [5.41, 5.74) is 0. The lowest BCUT2D eigenvalue weighted by Gasteiger charge is -2.06. The van der Waals surface area contributed by atoms with Crippen LogP contribution in [0.5, 0.6) is 0 Å². The summed E-state index contributed by atoms with van der Waals surface area (Å²) < 4.78 is 0. The number of carbonyl (C=O) groups is 1. The molecule has 10 heavy (non-hydrogen) atoms. The molecular formula is C9H18O. The molecule has 0 fully saturated rings. The molecule has 0 spiro atoms. The van der Waals surface area contributed by atoms with Gasteiger partial charge in [-0.15, -0.1) is 0 Å². The Morgan fingerprint density at radius 2 is 2.10 bits per heavy atom. The second-order valence-corrected chi connectivity index (χ2v) is 2.99. The quantitative estimate of drug-likeness (QED) is 0.411. The smallest absolute Gasteiger partial charge is 0.119 e. The molecule has 0 saturated carbocycles. The van der Waals surface area contributed by atoms with Gasteiger partial charge in [0, 0.05) is 6.42 Å². The molecule has 1 nitrogen and oxygen atoms in total. The van der Waals surface area contributed by atoms with Gasteiger partial charge in [-0.1, -0.05) is 33.1 Å². The van der Waals surface area contributed by atoms with Crippen molar-refractivity contribution >= 4 is 6.29 Å². The monoisotopic (exact) mass is 142 g/mol. The summed E-state index contributed by atoms with van der Waals surface area (Å²) in [6.45, 7) is 4.46. The first-order valence-electron chi connectivity index (χ1n) is 4.24. The molecule has 0 heterocycles. The molecule has 0 aliphatic carbocycles. The molecule has 0 aromatic carbocycles. The zero-order valence-corrected chi connectivity index (χ0v) is 7.10. The standard InChI is InChI=1S/C9H18O/c1-3-6-9(2)7-4-5-8-10/h8-9H,3-7H2,1-2H3/t9-/m0/s1. The number of carbonyl (C=O) groups excluding carboxylic acids is 1. The average Bonchev–Trinajstić information content (AvgIpc) is 1.89. The van der Waals surface area contributed by atoms with Crippen molar-refractivity contribution in [2.45, 2.75) is 46.0 Å². The highest BCUT2D eigenvalue weighted by Crippen LogP contribution is 2.12. The van der Waals surface area contributed by atoms with Gasteiger partial charge < -0.3 is 4.79 Å². The predicted octanol–water partition coefficient (Wildman–Crippen LogP) is 2.79. The van der Waals surface area contributed by atoms with Gasteiger partial charge in [0.1, 0.15) is 6.29 Å². The fourth-order valence-electron chi connectivity index (χ4n) is 1.19. The highest BCUT2D eigenvalue weighted by atomic mass is 16.1. The molecule has 1 heteroatoms. The van der Waals surface area contributed by atoms with Gasteiger partial charge in [-0.3, -0.25) is 0 Å². The lowest BCUT2D eigenvalue weighted by Crippen LogP contribution is -1.93. The van der Waals surface area contributed by atoms with Gasteiger partial charge in [0.25, 0.3) is 0 Å². The fraction of sp³-hybridized carbons (Fsp3) is 0.889. The number of unbranched alkanes of at least 4 members (excludes halogenated alkanes) is 1.